The number of aromatic amines is 1. The predicted octanol–water partition coefficient (Wildman–Crippen LogP) is 3.41. The average Bonchev–Trinajstić information content (AvgIpc) is 3.58. The molecule has 2 aromatic heterocycles. The van der Waals surface area contributed by atoms with Crippen LogP contribution in [0.5, 0.6) is 0 Å². The Hall–Kier alpha value is -3.37. The van der Waals surface area contributed by atoms with Crippen LogP contribution >= 0.6 is 0 Å². The summed E-state index contributed by atoms with van der Waals surface area (Å²) in [6.45, 7) is 1.54. The zero-order valence-electron chi connectivity index (χ0n) is 18.3. The van der Waals surface area contributed by atoms with Gasteiger partial charge in [0.05, 0.1) is 30.3 Å². The summed E-state index contributed by atoms with van der Waals surface area (Å²) in [6.07, 6.45) is 3.06. The topological polar surface area (TPSA) is 113 Å². The van der Waals surface area contributed by atoms with E-state index >= 15 is 0 Å². The molecule has 0 amide bonds. The molecule has 10 heteroatoms. The molecule has 0 bridgehead atoms. The van der Waals surface area contributed by atoms with Crippen LogP contribution in [0, 0.1) is 11.2 Å². The first-order chi connectivity index (χ1) is 15.8. The largest absolute Gasteiger partial charge is 0.481 e. The van der Waals surface area contributed by atoms with Crippen LogP contribution in [-0.4, -0.2) is 57.3 Å². The molecule has 0 unspecified atom stereocenters. The van der Waals surface area contributed by atoms with Crippen LogP contribution in [-0.2, 0) is 14.3 Å². The van der Waals surface area contributed by atoms with E-state index in [0.29, 0.717) is 40.5 Å². The summed E-state index contributed by atoms with van der Waals surface area (Å²) >= 11 is 0. The number of nitrogens with one attached hydrogen (secondary N) is 1. The molecular formula is C23H24FN5O4. The molecule has 5 rings (SSSR count). The molecule has 1 aliphatic carbocycles. The SMILES string of the molecule is CN(c1nccc(-c2[nH]c(C3OCC(C)(C(=O)O)CO3)nc2-c2ccc(F)cc2)n1)C1CC1. The van der Waals surface area contributed by atoms with Gasteiger partial charge in [-0.25, -0.2) is 19.3 Å². The summed E-state index contributed by atoms with van der Waals surface area (Å²) in [6, 6.07) is 8.24. The second-order valence-corrected chi connectivity index (χ2v) is 8.76. The highest BCUT2D eigenvalue weighted by Crippen LogP contribution is 2.36. The minimum absolute atomic E-state index is 0.0151. The molecule has 2 N–H and O–H groups in total. The first-order valence-electron chi connectivity index (χ1n) is 10.7. The van der Waals surface area contributed by atoms with Crippen molar-refractivity contribution in [1.82, 2.24) is 19.9 Å². The number of nitrogens with zero attached hydrogens (tertiary/aromatic N) is 4. The molecular weight excluding hydrogens is 429 g/mol. The van der Waals surface area contributed by atoms with Crippen LogP contribution in [0.2, 0.25) is 0 Å². The van der Waals surface area contributed by atoms with Gasteiger partial charge in [0.15, 0.2) is 5.82 Å². The van der Waals surface area contributed by atoms with Crippen molar-refractivity contribution >= 4 is 11.9 Å². The summed E-state index contributed by atoms with van der Waals surface area (Å²) in [5, 5.41) is 9.40. The number of aromatic nitrogens is 4. The zero-order valence-corrected chi connectivity index (χ0v) is 18.3. The monoisotopic (exact) mass is 453 g/mol. The Morgan fingerprint density at radius 1 is 1.18 bits per heavy atom. The number of anilines is 1. The number of halogens is 1. The normalized spacial score (nSPS) is 22.8. The van der Waals surface area contributed by atoms with Crippen molar-refractivity contribution in [3.8, 4) is 22.6 Å². The van der Waals surface area contributed by atoms with Crippen LogP contribution in [0.1, 0.15) is 31.9 Å². The predicted molar refractivity (Wildman–Crippen MR) is 117 cm³/mol. The van der Waals surface area contributed by atoms with E-state index in [1.165, 1.54) is 12.1 Å². The van der Waals surface area contributed by atoms with Crippen LogP contribution in [0.15, 0.2) is 36.5 Å². The van der Waals surface area contributed by atoms with Gasteiger partial charge in [-0.3, -0.25) is 4.79 Å². The second-order valence-electron chi connectivity index (χ2n) is 8.76. The molecule has 172 valence electrons. The van der Waals surface area contributed by atoms with Gasteiger partial charge in [0.2, 0.25) is 12.2 Å². The Bertz CT molecular complexity index is 1170. The average molecular weight is 453 g/mol. The molecule has 1 saturated carbocycles. The van der Waals surface area contributed by atoms with Gasteiger partial charge in [-0.05, 0) is 50.1 Å². The van der Waals surface area contributed by atoms with Gasteiger partial charge in [-0.2, -0.15) is 0 Å². The van der Waals surface area contributed by atoms with E-state index in [4.69, 9.17) is 14.5 Å². The third-order valence-corrected chi connectivity index (χ3v) is 5.99. The fourth-order valence-electron chi connectivity index (χ4n) is 3.68. The van der Waals surface area contributed by atoms with E-state index in [1.54, 1.807) is 31.3 Å². The van der Waals surface area contributed by atoms with Gasteiger partial charge in [-0.15, -0.1) is 0 Å². The summed E-state index contributed by atoms with van der Waals surface area (Å²) < 4.78 is 24.9. The zero-order chi connectivity index (χ0) is 23.2. The quantitative estimate of drug-likeness (QED) is 0.584. The van der Waals surface area contributed by atoms with Crippen LogP contribution < -0.4 is 4.90 Å². The molecule has 33 heavy (non-hydrogen) atoms. The van der Waals surface area contributed by atoms with Gasteiger partial charge in [0.25, 0.3) is 0 Å². The van der Waals surface area contributed by atoms with Gasteiger partial charge in [-0.1, -0.05) is 0 Å². The Morgan fingerprint density at radius 2 is 1.88 bits per heavy atom. The molecule has 0 spiro atoms. The molecule has 0 atom stereocenters. The minimum atomic E-state index is -1.12. The van der Waals surface area contributed by atoms with Crippen LogP contribution in [0.3, 0.4) is 0 Å². The molecule has 1 aromatic carbocycles. The fraction of sp³-hybridized carbons (Fsp3) is 0.391. The van der Waals surface area contributed by atoms with Crippen molar-refractivity contribution < 1.29 is 23.8 Å². The van der Waals surface area contributed by atoms with Crippen LogP contribution in [0.4, 0.5) is 10.3 Å². The Balaban J connectivity index is 1.52. The van der Waals surface area contributed by atoms with Crippen LogP contribution in [0.25, 0.3) is 22.6 Å². The lowest BCUT2D eigenvalue weighted by Gasteiger charge is -2.33. The van der Waals surface area contributed by atoms with E-state index in [-0.39, 0.29) is 19.0 Å². The number of ether oxygens (including phenoxy) is 2. The number of aliphatic carboxylic acids is 1. The maximum Gasteiger partial charge on any atom is 0.314 e. The lowest BCUT2D eigenvalue weighted by Crippen LogP contribution is -2.42. The molecule has 3 heterocycles. The van der Waals surface area contributed by atoms with E-state index in [9.17, 15) is 14.3 Å². The Kier molecular flexibility index (Phi) is 5.34. The van der Waals surface area contributed by atoms with Crippen molar-refractivity contribution in [1.29, 1.82) is 0 Å². The molecule has 2 fully saturated rings. The second kappa shape index (κ2) is 8.20. The summed E-state index contributed by atoms with van der Waals surface area (Å²) in [4.78, 5) is 30.6. The Morgan fingerprint density at radius 3 is 2.52 bits per heavy atom. The smallest absolute Gasteiger partial charge is 0.314 e. The fourth-order valence-corrected chi connectivity index (χ4v) is 3.68. The van der Waals surface area contributed by atoms with Gasteiger partial charge in [0, 0.05) is 24.8 Å². The lowest BCUT2D eigenvalue weighted by atomic mass is 9.92. The third-order valence-electron chi connectivity index (χ3n) is 5.99. The highest BCUT2D eigenvalue weighted by Gasteiger charge is 2.41. The highest BCUT2D eigenvalue weighted by molar-refractivity contribution is 5.77. The van der Waals surface area contributed by atoms with E-state index < -0.39 is 17.7 Å². The first-order valence-corrected chi connectivity index (χ1v) is 10.7. The van der Waals surface area contributed by atoms with Gasteiger partial charge < -0.3 is 24.5 Å². The van der Waals surface area contributed by atoms with E-state index in [1.807, 2.05) is 7.05 Å². The molecule has 2 aliphatic rings. The molecule has 9 nitrogen and oxygen atoms in total. The van der Waals surface area contributed by atoms with Crippen molar-refractivity contribution in [3.63, 3.8) is 0 Å². The number of hydrogen-bond donors (Lipinski definition) is 2. The molecule has 1 saturated heterocycles. The number of hydrogen-bond acceptors (Lipinski definition) is 7. The Labute approximate surface area is 189 Å². The number of benzene rings is 1. The minimum Gasteiger partial charge on any atom is -0.481 e. The van der Waals surface area contributed by atoms with Crippen molar-refractivity contribution in [2.75, 3.05) is 25.2 Å². The van der Waals surface area contributed by atoms with Crippen molar-refractivity contribution in [2.24, 2.45) is 5.41 Å². The number of rotatable bonds is 6. The van der Waals surface area contributed by atoms with E-state index in [0.717, 1.165) is 12.8 Å². The summed E-state index contributed by atoms with van der Waals surface area (Å²) in [7, 11) is 1.97. The third kappa shape index (κ3) is 4.19. The highest BCUT2D eigenvalue weighted by atomic mass is 19.1. The van der Waals surface area contributed by atoms with E-state index in [2.05, 4.69) is 19.9 Å². The van der Waals surface area contributed by atoms with Gasteiger partial charge >= 0.3 is 5.97 Å². The summed E-state index contributed by atoms with van der Waals surface area (Å²) in [5.74, 6) is -0.342. The standard InChI is InChI=1S/C23H24FN5O4/c1-23(21(30)31)11-32-20(33-12-23)19-27-17(13-3-5-14(24)6-4-13)18(28-19)16-9-10-25-22(26-16)29(2)15-7-8-15/h3-6,9-10,15,20H,7-8,11-12H2,1-2H3,(H,27,28)(H,30,31). The summed E-state index contributed by atoms with van der Waals surface area (Å²) in [5.41, 5.74) is 1.36. The molecule has 0 radical (unpaired) electrons. The number of carboxylic acid groups (broad SMARTS) is 1. The molecule has 1 aliphatic heterocycles. The van der Waals surface area contributed by atoms with Gasteiger partial charge in [0.1, 0.15) is 11.2 Å². The number of H-pyrrole nitrogens is 1. The first kappa shape index (κ1) is 21.5. The number of imidazole rings is 1. The molecule has 3 aromatic rings. The number of carboxylic acids is 1. The van der Waals surface area contributed by atoms with Crippen molar-refractivity contribution in [3.05, 3.63) is 48.2 Å². The maximum absolute atomic E-state index is 13.5. The maximum atomic E-state index is 13.5. The van der Waals surface area contributed by atoms with Crippen molar-refractivity contribution in [2.45, 2.75) is 32.1 Å². The lowest BCUT2D eigenvalue weighted by molar-refractivity contribution is -0.236. The number of carbonyl (C=O) groups is 1.